The molecule has 2 aromatic heterocycles. The number of hydrogen-bond acceptors (Lipinski definition) is 5. The number of rotatable bonds is 5. The van der Waals surface area contributed by atoms with Crippen LogP contribution in [0.4, 0.5) is 21.1 Å². The maximum absolute atomic E-state index is 12.3. The van der Waals surface area contributed by atoms with Gasteiger partial charge in [0.25, 0.3) is 0 Å². The van der Waals surface area contributed by atoms with Crippen molar-refractivity contribution in [2.24, 2.45) is 0 Å². The van der Waals surface area contributed by atoms with Crippen molar-refractivity contribution in [2.45, 2.75) is 12.6 Å². The third-order valence-corrected chi connectivity index (χ3v) is 4.44. The SMILES string of the molecule is O=C(NCc1ccccn1)Nc1cc(N2CC(c3ccccc3)OC2=O)ccn1. The van der Waals surface area contributed by atoms with Gasteiger partial charge in [-0.2, -0.15) is 0 Å². The fraction of sp³-hybridized carbons (Fsp3) is 0.143. The summed E-state index contributed by atoms with van der Waals surface area (Å²) in [5, 5.41) is 5.38. The standard InChI is InChI=1S/C21H19N5O3/c27-20(24-13-16-8-4-5-10-22-16)25-19-12-17(9-11-23-19)26-14-18(29-21(26)28)15-6-2-1-3-7-15/h1-12,18H,13-14H2,(H2,23,24,25,27). The Morgan fingerprint density at radius 1 is 1.07 bits per heavy atom. The number of carbonyl (C=O) groups is 2. The molecule has 146 valence electrons. The quantitative estimate of drug-likeness (QED) is 0.696. The van der Waals surface area contributed by atoms with Crippen LogP contribution < -0.4 is 15.5 Å². The number of aromatic nitrogens is 2. The highest BCUT2D eigenvalue weighted by Crippen LogP contribution is 2.30. The zero-order valence-corrected chi connectivity index (χ0v) is 15.5. The van der Waals surface area contributed by atoms with Crippen LogP contribution in [0.15, 0.2) is 73.1 Å². The van der Waals surface area contributed by atoms with Gasteiger partial charge in [-0.1, -0.05) is 36.4 Å². The zero-order valence-electron chi connectivity index (χ0n) is 15.5. The molecular weight excluding hydrogens is 370 g/mol. The van der Waals surface area contributed by atoms with Crippen molar-refractivity contribution in [1.29, 1.82) is 0 Å². The van der Waals surface area contributed by atoms with Crippen molar-refractivity contribution in [2.75, 3.05) is 16.8 Å². The van der Waals surface area contributed by atoms with Crippen LogP contribution in [0.2, 0.25) is 0 Å². The summed E-state index contributed by atoms with van der Waals surface area (Å²) in [5.41, 5.74) is 2.28. The Hall–Kier alpha value is -3.94. The van der Waals surface area contributed by atoms with Gasteiger partial charge in [0.05, 0.1) is 24.5 Å². The molecule has 1 fully saturated rings. The largest absolute Gasteiger partial charge is 0.439 e. The van der Waals surface area contributed by atoms with Crippen LogP contribution in [0.5, 0.6) is 0 Å². The number of nitrogens with one attached hydrogen (secondary N) is 2. The van der Waals surface area contributed by atoms with Crippen LogP contribution >= 0.6 is 0 Å². The number of anilines is 2. The lowest BCUT2D eigenvalue weighted by molar-refractivity contribution is 0.142. The number of ether oxygens (including phenoxy) is 1. The molecule has 1 aliphatic heterocycles. The number of cyclic esters (lactones) is 1. The second kappa shape index (κ2) is 8.39. The Morgan fingerprint density at radius 2 is 1.90 bits per heavy atom. The number of amides is 3. The van der Waals surface area contributed by atoms with E-state index in [1.807, 2.05) is 48.5 Å². The van der Waals surface area contributed by atoms with Crippen molar-refractivity contribution < 1.29 is 14.3 Å². The van der Waals surface area contributed by atoms with Gasteiger partial charge in [0.15, 0.2) is 0 Å². The summed E-state index contributed by atoms with van der Waals surface area (Å²) in [5.74, 6) is 0.331. The van der Waals surface area contributed by atoms with E-state index in [0.29, 0.717) is 24.6 Å². The number of nitrogens with zero attached hydrogens (tertiary/aromatic N) is 3. The van der Waals surface area contributed by atoms with E-state index in [4.69, 9.17) is 4.74 Å². The van der Waals surface area contributed by atoms with Gasteiger partial charge >= 0.3 is 12.1 Å². The lowest BCUT2D eigenvalue weighted by atomic mass is 10.1. The first-order valence-electron chi connectivity index (χ1n) is 9.13. The average Bonchev–Trinajstić information content (AvgIpc) is 3.15. The van der Waals surface area contributed by atoms with Gasteiger partial charge in [0.2, 0.25) is 0 Å². The first-order chi connectivity index (χ1) is 14.2. The summed E-state index contributed by atoms with van der Waals surface area (Å²) in [6.07, 6.45) is 2.43. The molecule has 0 aliphatic carbocycles. The van der Waals surface area contributed by atoms with Crippen LogP contribution in [0.1, 0.15) is 17.4 Å². The van der Waals surface area contributed by atoms with Gasteiger partial charge in [0.1, 0.15) is 11.9 Å². The molecule has 8 heteroatoms. The molecule has 0 bridgehead atoms. The smallest absolute Gasteiger partial charge is 0.415 e. The molecule has 0 spiro atoms. The highest BCUT2D eigenvalue weighted by Gasteiger charge is 2.33. The van der Waals surface area contributed by atoms with Crippen LogP contribution in [0.3, 0.4) is 0 Å². The number of urea groups is 1. The van der Waals surface area contributed by atoms with Crippen molar-refractivity contribution in [3.8, 4) is 0 Å². The molecule has 3 aromatic rings. The summed E-state index contributed by atoms with van der Waals surface area (Å²) in [4.78, 5) is 34.3. The van der Waals surface area contributed by atoms with Gasteiger partial charge in [-0.25, -0.2) is 14.6 Å². The molecule has 3 heterocycles. The minimum Gasteiger partial charge on any atom is -0.439 e. The summed E-state index contributed by atoms with van der Waals surface area (Å²) in [6, 6.07) is 18.0. The molecule has 1 aliphatic rings. The molecule has 0 radical (unpaired) electrons. The van der Waals surface area contributed by atoms with E-state index >= 15 is 0 Å². The summed E-state index contributed by atoms with van der Waals surface area (Å²) in [7, 11) is 0. The second-order valence-electron chi connectivity index (χ2n) is 6.42. The predicted octanol–water partition coefficient (Wildman–Crippen LogP) is 3.50. The van der Waals surface area contributed by atoms with E-state index < -0.39 is 12.1 Å². The van der Waals surface area contributed by atoms with Gasteiger partial charge in [-0.05, 0) is 23.8 Å². The van der Waals surface area contributed by atoms with Crippen LogP contribution in [0, 0.1) is 0 Å². The Bertz CT molecular complexity index is 997. The third-order valence-electron chi connectivity index (χ3n) is 4.44. The fourth-order valence-electron chi connectivity index (χ4n) is 3.00. The molecule has 1 unspecified atom stereocenters. The van der Waals surface area contributed by atoms with Crippen LogP contribution in [-0.2, 0) is 11.3 Å². The minimum absolute atomic E-state index is 0.295. The molecule has 29 heavy (non-hydrogen) atoms. The van der Waals surface area contributed by atoms with E-state index in [1.165, 1.54) is 11.1 Å². The van der Waals surface area contributed by atoms with E-state index in [0.717, 1.165) is 11.3 Å². The molecule has 1 saturated heterocycles. The minimum atomic E-state index is -0.435. The molecule has 4 rings (SSSR count). The van der Waals surface area contributed by atoms with Crippen molar-refractivity contribution in [3.63, 3.8) is 0 Å². The van der Waals surface area contributed by atoms with E-state index in [-0.39, 0.29) is 6.10 Å². The average molecular weight is 389 g/mol. The second-order valence-corrected chi connectivity index (χ2v) is 6.42. The van der Waals surface area contributed by atoms with Crippen molar-refractivity contribution >= 4 is 23.6 Å². The lowest BCUT2D eigenvalue weighted by Gasteiger charge is -2.14. The van der Waals surface area contributed by atoms with E-state index in [9.17, 15) is 9.59 Å². The molecule has 8 nitrogen and oxygen atoms in total. The zero-order chi connectivity index (χ0) is 20.1. The van der Waals surface area contributed by atoms with Gasteiger partial charge < -0.3 is 10.1 Å². The first-order valence-corrected chi connectivity index (χ1v) is 9.13. The monoisotopic (exact) mass is 389 g/mol. The molecule has 0 saturated carbocycles. The molecular formula is C21H19N5O3. The highest BCUT2D eigenvalue weighted by molar-refractivity contribution is 5.92. The Morgan fingerprint density at radius 3 is 2.69 bits per heavy atom. The van der Waals surface area contributed by atoms with E-state index in [1.54, 1.807) is 18.3 Å². The number of pyridine rings is 2. The Kier molecular flexibility index (Phi) is 5.33. The van der Waals surface area contributed by atoms with Gasteiger partial charge in [-0.15, -0.1) is 0 Å². The van der Waals surface area contributed by atoms with Gasteiger partial charge in [-0.3, -0.25) is 15.2 Å². The topological polar surface area (TPSA) is 96.5 Å². The third kappa shape index (κ3) is 4.49. The maximum atomic E-state index is 12.3. The highest BCUT2D eigenvalue weighted by atomic mass is 16.6. The molecule has 3 amide bonds. The Labute approximate surface area is 167 Å². The van der Waals surface area contributed by atoms with Gasteiger partial charge in [0, 0.05) is 18.5 Å². The van der Waals surface area contributed by atoms with E-state index in [2.05, 4.69) is 20.6 Å². The van der Waals surface area contributed by atoms with Crippen molar-refractivity contribution in [3.05, 3.63) is 84.3 Å². The number of carbonyl (C=O) groups excluding carboxylic acids is 2. The normalized spacial score (nSPS) is 15.7. The summed E-state index contributed by atoms with van der Waals surface area (Å²) >= 11 is 0. The lowest BCUT2D eigenvalue weighted by Crippen LogP contribution is -2.29. The Balaban J connectivity index is 1.39. The molecule has 1 aromatic carbocycles. The number of benzene rings is 1. The molecule has 1 atom stereocenters. The summed E-state index contributed by atoms with van der Waals surface area (Å²) in [6.45, 7) is 0.682. The fourth-order valence-corrected chi connectivity index (χ4v) is 3.00. The maximum Gasteiger partial charge on any atom is 0.415 e. The predicted molar refractivity (Wildman–Crippen MR) is 107 cm³/mol. The van der Waals surface area contributed by atoms with Crippen LogP contribution in [-0.4, -0.2) is 28.6 Å². The van der Waals surface area contributed by atoms with Crippen molar-refractivity contribution in [1.82, 2.24) is 15.3 Å². The van der Waals surface area contributed by atoms with Crippen LogP contribution in [0.25, 0.3) is 0 Å². The summed E-state index contributed by atoms with van der Waals surface area (Å²) < 4.78 is 5.48. The number of hydrogen-bond donors (Lipinski definition) is 2. The molecule has 2 N–H and O–H groups in total. The first kappa shape index (κ1) is 18.4.